The first-order valence-corrected chi connectivity index (χ1v) is 7.94. The monoisotopic (exact) mass is 301 g/mol. The fourth-order valence-corrected chi connectivity index (χ4v) is 2.59. The van der Waals surface area contributed by atoms with E-state index in [4.69, 9.17) is 9.31 Å². The molecule has 1 saturated carbocycles. The lowest BCUT2D eigenvalue weighted by Crippen LogP contribution is -2.41. The molecule has 0 N–H and O–H groups in total. The Bertz CT molecular complexity index is 579. The Labute approximate surface area is 132 Å². The van der Waals surface area contributed by atoms with Gasteiger partial charge in [-0.15, -0.1) is 0 Å². The largest absolute Gasteiger partial charge is 0.494 e. The van der Waals surface area contributed by atoms with Crippen molar-refractivity contribution in [1.29, 1.82) is 0 Å². The summed E-state index contributed by atoms with van der Waals surface area (Å²) in [4.78, 5) is 14.0. The number of rotatable bonds is 3. The average molecular weight is 301 g/mol. The van der Waals surface area contributed by atoms with Gasteiger partial charge in [0.25, 0.3) is 0 Å². The molecule has 1 aliphatic carbocycles. The first-order valence-electron chi connectivity index (χ1n) is 7.94. The number of hydrogen-bond acceptors (Lipinski definition) is 3. The lowest BCUT2D eigenvalue weighted by molar-refractivity contribution is -0.119. The number of nitrogens with zero attached hydrogens (tertiary/aromatic N) is 1. The normalized spacial score (nSPS) is 22.7. The molecule has 1 aromatic rings. The van der Waals surface area contributed by atoms with Crippen molar-refractivity contribution in [2.45, 2.75) is 51.7 Å². The van der Waals surface area contributed by atoms with Crippen LogP contribution in [-0.4, -0.2) is 31.3 Å². The van der Waals surface area contributed by atoms with E-state index in [1.165, 1.54) is 0 Å². The first kappa shape index (κ1) is 15.6. The molecule has 2 aliphatic rings. The zero-order valence-electron chi connectivity index (χ0n) is 14.1. The lowest BCUT2D eigenvalue weighted by atomic mass is 9.79. The summed E-state index contributed by atoms with van der Waals surface area (Å²) in [5, 5.41) is 0. The van der Waals surface area contributed by atoms with E-state index in [-0.39, 0.29) is 23.0 Å². The molecule has 5 heteroatoms. The highest BCUT2D eigenvalue weighted by Gasteiger charge is 2.51. The molecule has 1 heterocycles. The molecule has 1 aromatic carbocycles. The predicted octanol–water partition coefficient (Wildman–Crippen LogP) is 2.36. The second-order valence-corrected chi connectivity index (χ2v) is 7.35. The Morgan fingerprint density at radius 2 is 1.77 bits per heavy atom. The van der Waals surface area contributed by atoms with Crippen LogP contribution in [0.4, 0.5) is 5.69 Å². The predicted molar refractivity (Wildman–Crippen MR) is 88.3 cm³/mol. The van der Waals surface area contributed by atoms with E-state index >= 15 is 0 Å². The molecular formula is C17H24BNO3. The highest BCUT2D eigenvalue weighted by atomic mass is 16.7. The molecule has 0 radical (unpaired) electrons. The quantitative estimate of drug-likeness (QED) is 0.805. The molecule has 1 aliphatic heterocycles. The van der Waals surface area contributed by atoms with E-state index in [0.717, 1.165) is 24.0 Å². The van der Waals surface area contributed by atoms with Crippen LogP contribution in [0.25, 0.3) is 0 Å². The van der Waals surface area contributed by atoms with Crippen LogP contribution in [0.3, 0.4) is 0 Å². The van der Waals surface area contributed by atoms with E-state index in [9.17, 15) is 4.79 Å². The van der Waals surface area contributed by atoms with Gasteiger partial charge in [-0.3, -0.25) is 4.79 Å². The van der Waals surface area contributed by atoms with Crippen LogP contribution in [0.5, 0.6) is 0 Å². The zero-order chi connectivity index (χ0) is 16.1. The van der Waals surface area contributed by atoms with Crippen LogP contribution in [0.1, 0.15) is 40.5 Å². The Morgan fingerprint density at radius 1 is 1.18 bits per heavy atom. The fourth-order valence-electron chi connectivity index (χ4n) is 2.59. The smallest absolute Gasteiger partial charge is 0.399 e. The average Bonchev–Trinajstić information content (AvgIpc) is 3.26. The van der Waals surface area contributed by atoms with Gasteiger partial charge in [-0.2, -0.15) is 0 Å². The van der Waals surface area contributed by atoms with Crippen LogP contribution in [0.15, 0.2) is 24.3 Å². The topological polar surface area (TPSA) is 38.8 Å². The maximum absolute atomic E-state index is 12.2. The molecule has 0 spiro atoms. The Morgan fingerprint density at radius 3 is 2.32 bits per heavy atom. The van der Waals surface area contributed by atoms with Gasteiger partial charge in [-0.05, 0) is 58.1 Å². The molecule has 0 aromatic heterocycles. The summed E-state index contributed by atoms with van der Waals surface area (Å²) in [6, 6.07) is 7.88. The number of carbonyl (C=O) groups excluding carboxylic acids is 1. The SMILES string of the molecule is CN(C(=O)C1CC1)c1cccc(B2OC(C)(C)C(C)(C)O2)c1. The molecule has 2 fully saturated rings. The molecule has 4 nitrogen and oxygen atoms in total. The Balaban J connectivity index is 1.81. The van der Waals surface area contributed by atoms with Crippen molar-refractivity contribution in [1.82, 2.24) is 0 Å². The van der Waals surface area contributed by atoms with Crippen LogP contribution < -0.4 is 10.4 Å². The van der Waals surface area contributed by atoms with Gasteiger partial charge in [0, 0.05) is 18.7 Å². The molecule has 0 bridgehead atoms. The van der Waals surface area contributed by atoms with Gasteiger partial charge in [0.2, 0.25) is 5.91 Å². The standard InChI is InChI=1S/C17H24BNO3/c1-16(2)17(3,4)22-18(21-16)13-7-6-8-14(11-13)19(5)15(20)12-9-10-12/h6-8,11-12H,9-10H2,1-5H3. The van der Waals surface area contributed by atoms with Gasteiger partial charge in [0.05, 0.1) is 11.2 Å². The molecule has 0 unspecified atom stereocenters. The zero-order valence-corrected chi connectivity index (χ0v) is 14.1. The minimum absolute atomic E-state index is 0.200. The molecule has 118 valence electrons. The van der Waals surface area contributed by atoms with Crippen molar-refractivity contribution in [3.8, 4) is 0 Å². The number of benzene rings is 1. The van der Waals surface area contributed by atoms with Crippen molar-refractivity contribution in [3.63, 3.8) is 0 Å². The summed E-state index contributed by atoms with van der Waals surface area (Å²) in [5.74, 6) is 0.413. The number of hydrogen-bond donors (Lipinski definition) is 0. The maximum Gasteiger partial charge on any atom is 0.494 e. The van der Waals surface area contributed by atoms with E-state index < -0.39 is 7.12 Å². The van der Waals surface area contributed by atoms with E-state index in [1.807, 2.05) is 59.0 Å². The summed E-state index contributed by atoms with van der Waals surface area (Å²) < 4.78 is 12.2. The van der Waals surface area contributed by atoms with Crippen molar-refractivity contribution in [2.24, 2.45) is 5.92 Å². The summed E-state index contributed by atoms with van der Waals surface area (Å²) in [5.41, 5.74) is 1.13. The number of carbonyl (C=O) groups is 1. The van der Waals surface area contributed by atoms with Gasteiger partial charge >= 0.3 is 7.12 Å². The first-order chi connectivity index (χ1) is 10.2. The van der Waals surface area contributed by atoms with Gasteiger partial charge in [-0.1, -0.05) is 12.1 Å². The molecule has 0 atom stereocenters. The Hall–Kier alpha value is -1.33. The van der Waals surface area contributed by atoms with Crippen molar-refractivity contribution in [2.75, 3.05) is 11.9 Å². The van der Waals surface area contributed by atoms with Crippen LogP contribution in [-0.2, 0) is 14.1 Å². The van der Waals surface area contributed by atoms with Gasteiger partial charge in [0.15, 0.2) is 0 Å². The second-order valence-electron chi connectivity index (χ2n) is 7.35. The van der Waals surface area contributed by atoms with Gasteiger partial charge < -0.3 is 14.2 Å². The lowest BCUT2D eigenvalue weighted by Gasteiger charge is -2.32. The number of amides is 1. The van der Waals surface area contributed by atoms with E-state index in [0.29, 0.717) is 0 Å². The molecule has 1 saturated heterocycles. The Kier molecular flexibility index (Phi) is 3.61. The third-order valence-electron chi connectivity index (χ3n) is 5.04. The maximum atomic E-state index is 12.2. The third kappa shape index (κ3) is 2.68. The van der Waals surface area contributed by atoms with Gasteiger partial charge in [-0.25, -0.2) is 0 Å². The summed E-state index contributed by atoms with van der Waals surface area (Å²) >= 11 is 0. The summed E-state index contributed by atoms with van der Waals surface area (Å²) in [6.07, 6.45) is 2.03. The van der Waals surface area contributed by atoms with Crippen LogP contribution >= 0.6 is 0 Å². The minimum Gasteiger partial charge on any atom is -0.399 e. The summed E-state index contributed by atoms with van der Waals surface area (Å²) in [6.45, 7) is 8.17. The molecular weight excluding hydrogens is 277 g/mol. The summed E-state index contributed by atoms with van der Waals surface area (Å²) in [7, 11) is 1.44. The van der Waals surface area contributed by atoms with Crippen molar-refractivity contribution >= 4 is 24.2 Å². The number of anilines is 1. The van der Waals surface area contributed by atoms with Crippen LogP contribution in [0.2, 0.25) is 0 Å². The fraction of sp³-hybridized carbons (Fsp3) is 0.588. The highest BCUT2D eigenvalue weighted by Crippen LogP contribution is 2.37. The van der Waals surface area contributed by atoms with Crippen molar-refractivity contribution < 1.29 is 14.1 Å². The molecule has 3 rings (SSSR count). The highest BCUT2D eigenvalue weighted by molar-refractivity contribution is 6.62. The molecule has 1 amide bonds. The minimum atomic E-state index is -0.394. The van der Waals surface area contributed by atoms with Crippen LogP contribution in [0, 0.1) is 5.92 Å². The second kappa shape index (κ2) is 5.10. The van der Waals surface area contributed by atoms with E-state index in [2.05, 4.69) is 0 Å². The molecule has 22 heavy (non-hydrogen) atoms. The third-order valence-corrected chi connectivity index (χ3v) is 5.04. The van der Waals surface area contributed by atoms with Gasteiger partial charge in [0.1, 0.15) is 0 Å². The van der Waals surface area contributed by atoms with Crippen molar-refractivity contribution in [3.05, 3.63) is 24.3 Å². The van der Waals surface area contributed by atoms with E-state index in [1.54, 1.807) is 4.90 Å².